The average Bonchev–Trinajstić information content (AvgIpc) is 2.56. The topological polar surface area (TPSA) is 83.5 Å². The quantitative estimate of drug-likeness (QED) is 0.861. The zero-order chi connectivity index (χ0) is 18.1. The van der Waals surface area contributed by atoms with Crippen molar-refractivity contribution in [2.45, 2.75) is 9.79 Å². The van der Waals surface area contributed by atoms with Crippen molar-refractivity contribution in [3.05, 3.63) is 54.1 Å². The lowest BCUT2D eigenvalue weighted by molar-refractivity contribution is 0.583. The van der Waals surface area contributed by atoms with Crippen molar-refractivity contribution < 1.29 is 25.6 Å². The van der Waals surface area contributed by atoms with Gasteiger partial charge in [-0.1, -0.05) is 0 Å². The molecule has 0 aliphatic heterocycles. The molecule has 0 aliphatic rings. The first-order valence-electron chi connectivity index (χ1n) is 6.57. The van der Waals surface area contributed by atoms with Crippen LogP contribution in [0.1, 0.15) is 0 Å². The lowest BCUT2D eigenvalue weighted by Gasteiger charge is -2.20. The maximum absolute atomic E-state index is 13.8. The Labute approximate surface area is 138 Å². The predicted molar refractivity (Wildman–Crippen MR) is 84.6 cm³/mol. The fourth-order valence-electron chi connectivity index (χ4n) is 1.92. The minimum Gasteiger partial charge on any atom is -0.266 e. The van der Waals surface area contributed by atoms with Crippen molar-refractivity contribution >= 4 is 25.7 Å². The molecule has 2 aromatic carbocycles. The van der Waals surface area contributed by atoms with Crippen LogP contribution >= 0.6 is 0 Å². The van der Waals surface area contributed by atoms with E-state index in [2.05, 4.69) is 4.72 Å². The number of rotatable bonds is 5. The highest BCUT2D eigenvalue weighted by Gasteiger charge is 2.24. The summed E-state index contributed by atoms with van der Waals surface area (Å²) in [7, 11) is -5.60. The van der Waals surface area contributed by atoms with E-state index in [9.17, 15) is 25.6 Å². The largest absolute Gasteiger partial charge is 0.266 e. The van der Waals surface area contributed by atoms with E-state index in [1.54, 1.807) is 0 Å². The SMILES string of the molecule is CNS(=O)(=O)c1ccc(S(=O)(=O)N(C)c2cc(F)ccc2F)cc1. The van der Waals surface area contributed by atoms with E-state index in [0.717, 1.165) is 49.5 Å². The molecule has 1 N–H and O–H groups in total. The summed E-state index contributed by atoms with van der Waals surface area (Å²) in [6.45, 7) is 0. The third-order valence-electron chi connectivity index (χ3n) is 3.31. The molecular weight excluding hydrogens is 362 g/mol. The monoisotopic (exact) mass is 376 g/mol. The summed E-state index contributed by atoms with van der Waals surface area (Å²) >= 11 is 0. The summed E-state index contributed by atoms with van der Waals surface area (Å²) in [5, 5.41) is 0. The number of nitrogens with zero attached hydrogens (tertiary/aromatic N) is 1. The van der Waals surface area contributed by atoms with Gasteiger partial charge < -0.3 is 0 Å². The molecule has 130 valence electrons. The fourth-order valence-corrected chi connectivity index (χ4v) is 3.85. The second-order valence-electron chi connectivity index (χ2n) is 4.75. The standard InChI is InChI=1S/C14H14F2N2O4S2/c1-17-23(19,20)11-4-6-12(7-5-11)24(21,22)18(2)14-9-10(15)3-8-13(14)16/h3-9,17H,1-2H3. The third-order valence-corrected chi connectivity index (χ3v) is 6.52. The molecular formula is C14H14F2N2O4S2. The van der Waals surface area contributed by atoms with Crippen molar-refractivity contribution in [2.24, 2.45) is 0 Å². The number of sulfonamides is 2. The van der Waals surface area contributed by atoms with E-state index in [1.807, 2.05) is 0 Å². The Kier molecular flexibility index (Phi) is 4.92. The molecule has 0 heterocycles. The molecule has 0 spiro atoms. The molecule has 0 fully saturated rings. The van der Waals surface area contributed by atoms with Gasteiger partial charge in [0, 0.05) is 13.1 Å². The van der Waals surface area contributed by atoms with Crippen LogP contribution in [0.2, 0.25) is 0 Å². The highest BCUT2D eigenvalue weighted by molar-refractivity contribution is 7.92. The lowest BCUT2D eigenvalue weighted by Crippen LogP contribution is -2.27. The summed E-state index contributed by atoms with van der Waals surface area (Å²) in [6.07, 6.45) is 0. The molecule has 0 unspecified atom stereocenters. The van der Waals surface area contributed by atoms with Crippen LogP contribution in [0.25, 0.3) is 0 Å². The van der Waals surface area contributed by atoms with Crippen LogP contribution in [-0.2, 0) is 20.0 Å². The van der Waals surface area contributed by atoms with E-state index < -0.39 is 37.4 Å². The minimum atomic E-state index is -4.19. The Bertz CT molecular complexity index is 959. The van der Waals surface area contributed by atoms with Crippen molar-refractivity contribution in [2.75, 3.05) is 18.4 Å². The van der Waals surface area contributed by atoms with Gasteiger partial charge in [-0.05, 0) is 43.4 Å². The van der Waals surface area contributed by atoms with Crippen molar-refractivity contribution in [1.82, 2.24) is 4.72 Å². The van der Waals surface area contributed by atoms with E-state index >= 15 is 0 Å². The molecule has 24 heavy (non-hydrogen) atoms. The van der Waals surface area contributed by atoms with Gasteiger partial charge in [-0.25, -0.2) is 30.3 Å². The van der Waals surface area contributed by atoms with Gasteiger partial charge in [0.2, 0.25) is 10.0 Å². The van der Waals surface area contributed by atoms with Crippen LogP contribution in [0.4, 0.5) is 14.5 Å². The molecule has 0 aliphatic carbocycles. The van der Waals surface area contributed by atoms with Crippen LogP contribution in [0.3, 0.4) is 0 Å². The Balaban J connectivity index is 2.45. The molecule has 6 nitrogen and oxygen atoms in total. The molecule has 0 saturated carbocycles. The van der Waals surface area contributed by atoms with Crippen molar-refractivity contribution in [3.8, 4) is 0 Å². The van der Waals surface area contributed by atoms with Gasteiger partial charge in [0.25, 0.3) is 10.0 Å². The van der Waals surface area contributed by atoms with E-state index in [1.165, 1.54) is 7.05 Å². The fraction of sp³-hybridized carbons (Fsp3) is 0.143. The minimum absolute atomic E-state index is 0.122. The molecule has 0 radical (unpaired) electrons. The maximum Gasteiger partial charge on any atom is 0.264 e. The molecule has 0 saturated heterocycles. The van der Waals surface area contributed by atoms with Crippen molar-refractivity contribution in [3.63, 3.8) is 0 Å². The van der Waals surface area contributed by atoms with Gasteiger partial charge in [0.15, 0.2) is 0 Å². The summed E-state index contributed by atoms with van der Waals surface area (Å²) in [5.74, 6) is -1.69. The normalized spacial score (nSPS) is 12.2. The van der Waals surface area contributed by atoms with E-state index in [0.29, 0.717) is 4.31 Å². The van der Waals surface area contributed by atoms with Gasteiger partial charge >= 0.3 is 0 Å². The molecule has 2 rings (SSSR count). The van der Waals surface area contributed by atoms with Gasteiger partial charge in [-0.2, -0.15) is 0 Å². The van der Waals surface area contributed by atoms with Crippen LogP contribution in [0.15, 0.2) is 52.3 Å². The Hall–Kier alpha value is -2.04. The summed E-state index contributed by atoms with van der Waals surface area (Å²) in [6, 6.07) is 6.81. The van der Waals surface area contributed by atoms with Crippen LogP contribution < -0.4 is 9.03 Å². The summed E-state index contributed by atoms with van der Waals surface area (Å²) in [4.78, 5) is -0.382. The Morgan fingerprint density at radius 2 is 1.46 bits per heavy atom. The number of anilines is 1. The zero-order valence-corrected chi connectivity index (χ0v) is 14.3. The van der Waals surface area contributed by atoms with Crippen LogP contribution in [0.5, 0.6) is 0 Å². The molecule has 0 amide bonds. The van der Waals surface area contributed by atoms with E-state index in [-0.39, 0.29) is 9.79 Å². The van der Waals surface area contributed by atoms with Crippen molar-refractivity contribution in [1.29, 1.82) is 0 Å². The predicted octanol–water partition coefficient (Wildman–Crippen LogP) is 1.70. The van der Waals surface area contributed by atoms with Gasteiger partial charge in [0.1, 0.15) is 11.6 Å². The Morgan fingerprint density at radius 3 is 2.00 bits per heavy atom. The highest BCUT2D eigenvalue weighted by atomic mass is 32.2. The summed E-state index contributed by atoms with van der Waals surface area (Å²) in [5.41, 5.74) is -0.457. The molecule has 2 aromatic rings. The second-order valence-corrected chi connectivity index (χ2v) is 8.60. The summed E-state index contributed by atoms with van der Waals surface area (Å²) < 4.78 is 78.0. The first kappa shape index (κ1) is 18.3. The maximum atomic E-state index is 13.8. The smallest absolute Gasteiger partial charge is 0.264 e. The highest BCUT2D eigenvalue weighted by Crippen LogP contribution is 2.26. The molecule has 10 heteroatoms. The van der Waals surface area contributed by atoms with Gasteiger partial charge in [-0.3, -0.25) is 4.31 Å². The number of nitrogens with one attached hydrogen (secondary N) is 1. The average molecular weight is 376 g/mol. The number of hydrogen-bond donors (Lipinski definition) is 1. The second kappa shape index (κ2) is 6.46. The number of benzene rings is 2. The molecule has 0 bridgehead atoms. The van der Waals surface area contributed by atoms with Crippen LogP contribution in [-0.4, -0.2) is 30.9 Å². The third kappa shape index (κ3) is 3.40. The van der Waals surface area contributed by atoms with Gasteiger partial charge in [-0.15, -0.1) is 0 Å². The molecule has 0 atom stereocenters. The first-order chi connectivity index (χ1) is 11.1. The Morgan fingerprint density at radius 1 is 0.917 bits per heavy atom. The lowest BCUT2D eigenvalue weighted by atomic mass is 10.3. The zero-order valence-electron chi connectivity index (χ0n) is 12.7. The van der Waals surface area contributed by atoms with E-state index in [4.69, 9.17) is 0 Å². The number of hydrogen-bond acceptors (Lipinski definition) is 4. The van der Waals surface area contributed by atoms with Gasteiger partial charge in [0.05, 0.1) is 15.5 Å². The number of halogens is 2. The first-order valence-corrected chi connectivity index (χ1v) is 9.49. The molecule has 0 aromatic heterocycles. The van der Waals surface area contributed by atoms with Crippen LogP contribution in [0, 0.1) is 11.6 Å².